The SMILES string of the molecule is C[C@@H](Nc1ncnc2[nH]c(=O)c(C3CCS(=O)(=O)CC3)cc12)c1cccc(C(F)(F)CC2CN(C(=O)O)C2)c1. The van der Waals surface area contributed by atoms with Gasteiger partial charge in [0.05, 0.1) is 16.9 Å². The first-order valence-corrected chi connectivity index (χ1v) is 14.5. The molecule has 3 aromatic rings. The number of pyridine rings is 1. The van der Waals surface area contributed by atoms with Crippen LogP contribution in [0.15, 0.2) is 41.5 Å². The zero-order valence-electron chi connectivity index (χ0n) is 21.2. The van der Waals surface area contributed by atoms with Gasteiger partial charge in [-0.05, 0) is 43.4 Å². The lowest BCUT2D eigenvalue weighted by atomic mass is 9.89. The van der Waals surface area contributed by atoms with Crippen molar-refractivity contribution >= 4 is 32.8 Å². The Morgan fingerprint density at radius 2 is 1.95 bits per heavy atom. The van der Waals surface area contributed by atoms with Gasteiger partial charge in [-0.1, -0.05) is 18.2 Å². The summed E-state index contributed by atoms with van der Waals surface area (Å²) in [6.07, 6.45) is 0.484. The number of hydrogen-bond acceptors (Lipinski definition) is 7. The third kappa shape index (κ3) is 5.72. The molecule has 2 aliphatic rings. The number of hydrogen-bond donors (Lipinski definition) is 3. The molecule has 208 valence electrons. The summed E-state index contributed by atoms with van der Waals surface area (Å²) in [7, 11) is -3.09. The van der Waals surface area contributed by atoms with Crippen LogP contribution in [0, 0.1) is 5.92 Å². The summed E-state index contributed by atoms with van der Waals surface area (Å²) in [4.78, 5) is 36.0. The molecule has 0 spiro atoms. The molecule has 0 bridgehead atoms. The third-order valence-electron chi connectivity index (χ3n) is 7.61. The van der Waals surface area contributed by atoms with E-state index in [0.717, 1.165) is 4.90 Å². The molecule has 39 heavy (non-hydrogen) atoms. The average molecular weight is 562 g/mol. The average Bonchev–Trinajstić information content (AvgIpc) is 2.86. The number of anilines is 1. The predicted octanol–water partition coefficient (Wildman–Crippen LogP) is 3.88. The molecule has 13 heteroatoms. The lowest BCUT2D eigenvalue weighted by molar-refractivity contribution is -0.0528. The lowest BCUT2D eigenvalue weighted by Gasteiger charge is -2.38. The van der Waals surface area contributed by atoms with E-state index in [9.17, 15) is 18.0 Å². The van der Waals surface area contributed by atoms with Crippen LogP contribution in [0.25, 0.3) is 11.0 Å². The number of fused-ring (bicyclic) bond motifs is 1. The van der Waals surface area contributed by atoms with E-state index in [2.05, 4.69) is 20.3 Å². The molecule has 0 aliphatic carbocycles. The number of carbonyl (C=O) groups is 1. The Labute approximate surface area is 223 Å². The molecule has 2 aliphatic heterocycles. The highest BCUT2D eigenvalue weighted by atomic mass is 32.2. The van der Waals surface area contributed by atoms with Crippen molar-refractivity contribution < 1.29 is 27.1 Å². The number of halogens is 2. The zero-order chi connectivity index (χ0) is 27.9. The molecule has 2 saturated heterocycles. The van der Waals surface area contributed by atoms with E-state index in [1.165, 1.54) is 18.5 Å². The normalized spacial score (nSPS) is 19.0. The van der Waals surface area contributed by atoms with Crippen LogP contribution in [0.3, 0.4) is 0 Å². The maximum atomic E-state index is 15.1. The lowest BCUT2D eigenvalue weighted by Crippen LogP contribution is -2.50. The molecule has 3 N–H and O–H groups in total. The Morgan fingerprint density at radius 3 is 2.64 bits per heavy atom. The number of nitrogens with one attached hydrogen (secondary N) is 2. The number of nitrogens with zero attached hydrogens (tertiary/aromatic N) is 3. The molecule has 1 aromatic carbocycles. The zero-order valence-corrected chi connectivity index (χ0v) is 22.0. The van der Waals surface area contributed by atoms with E-state index in [-0.39, 0.29) is 41.6 Å². The van der Waals surface area contributed by atoms with Gasteiger partial charge in [-0.15, -0.1) is 0 Å². The second-order valence-electron chi connectivity index (χ2n) is 10.4. The second kappa shape index (κ2) is 10.2. The van der Waals surface area contributed by atoms with Crippen LogP contribution in [-0.2, 0) is 15.8 Å². The van der Waals surface area contributed by atoms with E-state index < -0.39 is 40.2 Å². The molecule has 1 amide bonds. The smallest absolute Gasteiger partial charge is 0.407 e. The largest absolute Gasteiger partial charge is 0.465 e. The number of aromatic amines is 1. The Kier molecular flexibility index (Phi) is 7.04. The van der Waals surface area contributed by atoms with Gasteiger partial charge < -0.3 is 20.3 Å². The van der Waals surface area contributed by atoms with E-state index >= 15 is 8.78 Å². The van der Waals surface area contributed by atoms with Gasteiger partial charge in [-0.3, -0.25) is 4.79 Å². The van der Waals surface area contributed by atoms with E-state index in [4.69, 9.17) is 5.11 Å². The number of aromatic nitrogens is 3. The molecule has 0 saturated carbocycles. The fraction of sp³-hybridized carbons (Fsp3) is 0.462. The van der Waals surface area contributed by atoms with Crippen LogP contribution in [0.1, 0.15) is 54.8 Å². The van der Waals surface area contributed by atoms with E-state index in [0.29, 0.717) is 40.8 Å². The fourth-order valence-corrected chi connectivity index (χ4v) is 6.80. The number of amides is 1. The molecule has 1 atom stereocenters. The summed E-state index contributed by atoms with van der Waals surface area (Å²) >= 11 is 0. The Balaban J connectivity index is 1.35. The van der Waals surface area contributed by atoms with Crippen molar-refractivity contribution in [3.63, 3.8) is 0 Å². The number of likely N-dealkylation sites (tertiary alicyclic amines) is 1. The van der Waals surface area contributed by atoms with Gasteiger partial charge in [-0.2, -0.15) is 0 Å². The van der Waals surface area contributed by atoms with Gasteiger partial charge in [0.2, 0.25) is 0 Å². The number of carboxylic acid groups (broad SMARTS) is 1. The maximum Gasteiger partial charge on any atom is 0.407 e. The minimum atomic E-state index is -3.12. The Morgan fingerprint density at radius 1 is 1.23 bits per heavy atom. The van der Waals surface area contributed by atoms with E-state index in [1.807, 2.05) is 0 Å². The van der Waals surface area contributed by atoms with Crippen LogP contribution in [0.4, 0.5) is 19.4 Å². The summed E-state index contributed by atoms with van der Waals surface area (Å²) in [5.74, 6) is -3.25. The molecule has 4 heterocycles. The van der Waals surface area contributed by atoms with Crippen LogP contribution in [0.2, 0.25) is 0 Å². The van der Waals surface area contributed by atoms with Crippen molar-refractivity contribution in [1.29, 1.82) is 0 Å². The highest BCUT2D eigenvalue weighted by molar-refractivity contribution is 7.91. The van der Waals surface area contributed by atoms with Crippen molar-refractivity contribution in [2.75, 3.05) is 29.9 Å². The van der Waals surface area contributed by atoms with Gasteiger partial charge in [-0.25, -0.2) is 32.0 Å². The summed E-state index contributed by atoms with van der Waals surface area (Å²) in [5, 5.41) is 12.7. The number of H-pyrrole nitrogens is 1. The van der Waals surface area contributed by atoms with Gasteiger partial charge in [0.1, 0.15) is 27.6 Å². The van der Waals surface area contributed by atoms with Crippen LogP contribution < -0.4 is 10.9 Å². The molecule has 0 unspecified atom stereocenters. The van der Waals surface area contributed by atoms with Gasteiger partial charge in [0.25, 0.3) is 11.5 Å². The molecule has 0 radical (unpaired) electrons. The van der Waals surface area contributed by atoms with Crippen LogP contribution >= 0.6 is 0 Å². The van der Waals surface area contributed by atoms with Crippen molar-refractivity contribution in [2.45, 2.75) is 44.1 Å². The second-order valence-corrected chi connectivity index (χ2v) is 12.7. The third-order valence-corrected chi connectivity index (χ3v) is 9.32. The fourth-order valence-electron chi connectivity index (χ4n) is 5.31. The van der Waals surface area contributed by atoms with Gasteiger partial charge >= 0.3 is 6.09 Å². The highest BCUT2D eigenvalue weighted by Crippen LogP contribution is 2.39. The predicted molar refractivity (Wildman–Crippen MR) is 141 cm³/mol. The first-order chi connectivity index (χ1) is 18.4. The molecular formula is C26H29F2N5O5S. The quantitative estimate of drug-likeness (QED) is 0.394. The number of rotatable bonds is 7. The Hall–Kier alpha value is -3.61. The molecule has 10 nitrogen and oxygen atoms in total. The number of sulfone groups is 1. The van der Waals surface area contributed by atoms with Crippen molar-refractivity contribution in [3.05, 3.63) is 63.7 Å². The summed E-state index contributed by atoms with van der Waals surface area (Å²) < 4.78 is 53.8. The highest BCUT2D eigenvalue weighted by Gasteiger charge is 2.41. The minimum Gasteiger partial charge on any atom is -0.465 e. The molecule has 2 aromatic heterocycles. The monoisotopic (exact) mass is 561 g/mol. The standard InChI is InChI=1S/C26H29F2N5O5S/c1-15(18-3-2-4-19(9-18)26(27,28)11-16-12-33(13-16)25(35)36)31-22-21-10-20(17-5-7-39(37,38)8-6-17)24(34)32-23(21)30-14-29-22/h2-4,9-10,14-17H,5-8,11-13H2,1H3,(H,35,36)(H2,29,30,31,32,34)/t15-/m1/s1. The molecular weight excluding hydrogens is 532 g/mol. The summed E-state index contributed by atoms with van der Waals surface area (Å²) in [5.41, 5.74) is 0.920. The van der Waals surface area contributed by atoms with Crippen molar-refractivity contribution in [1.82, 2.24) is 19.9 Å². The van der Waals surface area contributed by atoms with Gasteiger partial charge in [0, 0.05) is 42.6 Å². The van der Waals surface area contributed by atoms with Crippen LogP contribution in [-0.4, -0.2) is 64.1 Å². The molecule has 5 rings (SSSR count). The minimum absolute atomic E-state index is 0.0299. The Bertz CT molecular complexity index is 1560. The van der Waals surface area contributed by atoms with E-state index in [1.54, 1.807) is 25.1 Å². The maximum absolute atomic E-state index is 15.1. The van der Waals surface area contributed by atoms with Gasteiger partial charge in [0.15, 0.2) is 0 Å². The van der Waals surface area contributed by atoms with Crippen molar-refractivity contribution in [2.24, 2.45) is 5.92 Å². The number of benzene rings is 1. The first kappa shape index (κ1) is 27.0. The summed E-state index contributed by atoms with van der Waals surface area (Å²) in [6.45, 7) is 2.01. The first-order valence-electron chi connectivity index (χ1n) is 12.7. The van der Waals surface area contributed by atoms with Crippen LogP contribution in [0.5, 0.6) is 0 Å². The summed E-state index contributed by atoms with van der Waals surface area (Å²) in [6, 6.07) is 7.35. The van der Waals surface area contributed by atoms with Crippen molar-refractivity contribution in [3.8, 4) is 0 Å². The number of alkyl halides is 2. The molecule has 2 fully saturated rings. The topological polar surface area (TPSA) is 145 Å².